The molecule has 3 nitrogen and oxygen atoms in total. The van der Waals surface area contributed by atoms with E-state index in [9.17, 15) is 22.8 Å². The lowest BCUT2D eigenvalue weighted by Gasteiger charge is -2.07. The number of carbonyl (C=O) groups is 2. The Balaban J connectivity index is 2.71. The largest absolute Gasteiger partial charge is 0.451 e. The summed E-state index contributed by atoms with van der Waals surface area (Å²) in [6.45, 7) is 0. The van der Waals surface area contributed by atoms with Gasteiger partial charge in [-0.05, 0) is 0 Å². The van der Waals surface area contributed by atoms with Crippen LogP contribution in [0.3, 0.4) is 0 Å². The third kappa shape index (κ3) is 1.71. The second kappa shape index (κ2) is 2.96. The van der Waals surface area contributed by atoms with Gasteiger partial charge in [-0.3, -0.25) is 9.59 Å². The smallest absolute Gasteiger partial charge is 0.346 e. The third-order valence-corrected chi connectivity index (χ3v) is 2.32. The first kappa shape index (κ1) is 9.37. The molecule has 1 N–H and O–H groups in total. The molecule has 0 spiro atoms. The highest BCUT2D eigenvalue weighted by Crippen LogP contribution is 2.26. The number of Topliss-reactive ketones (excluding diaryl/α,β-unsaturated/α-hetero) is 1. The van der Waals surface area contributed by atoms with Crippen LogP contribution in [0.15, 0.2) is 0 Å². The van der Waals surface area contributed by atoms with Crippen molar-refractivity contribution in [3.05, 3.63) is 0 Å². The fourth-order valence-corrected chi connectivity index (χ4v) is 1.62. The van der Waals surface area contributed by atoms with E-state index in [2.05, 4.69) is 5.32 Å². The monoisotopic (exact) mass is 199 g/mol. The van der Waals surface area contributed by atoms with Gasteiger partial charge in [0, 0.05) is 0 Å². The van der Waals surface area contributed by atoms with Crippen LogP contribution in [-0.2, 0) is 9.59 Å². The van der Waals surface area contributed by atoms with Crippen LogP contribution in [0.1, 0.15) is 0 Å². The van der Waals surface area contributed by atoms with Crippen molar-refractivity contribution >= 4 is 23.5 Å². The minimum atomic E-state index is -4.92. The highest BCUT2D eigenvalue weighted by molar-refractivity contribution is 8.01. The van der Waals surface area contributed by atoms with Crippen molar-refractivity contribution in [3.8, 4) is 0 Å². The molecule has 1 atom stereocenters. The van der Waals surface area contributed by atoms with E-state index in [4.69, 9.17) is 0 Å². The van der Waals surface area contributed by atoms with Crippen molar-refractivity contribution in [2.75, 3.05) is 5.88 Å². The predicted octanol–water partition coefficient (Wildman–Crippen LogP) is 0.307. The molecule has 0 aliphatic carbocycles. The molecular formula is C5H4F3NO2S. The molecule has 0 aromatic heterocycles. The fourth-order valence-electron chi connectivity index (χ4n) is 0.708. The standard InChI is InChI=1S/C5H4F3NO2S/c6-5(7,8)3(10)2-4(11)9-1-12-2/h2H,1H2,(H,9,11). The summed E-state index contributed by atoms with van der Waals surface area (Å²) in [7, 11) is 0. The van der Waals surface area contributed by atoms with Gasteiger partial charge >= 0.3 is 6.18 Å². The number of alkyl halides is 3. The molecule has 0 aromatic carbocycles. The average Bonchev–Trinajstić information content (AvgIpc) is 2.31. The molecule has 1 saturated heterocycles. The van der Waals surface area contributed by atoms with Gasteiger partial charge in [0.1, 0.15) is 0 Å². The van der Waals surface area contributed by atoms with E-state index in [-0.39, 0.29) is 5.88 Å². The molecule has 0 bridgehead atoms. The number of amides is 1. The zero-order valence-electron chi connectivity index (χ0n) is 5.64. The molecule has 0 aromatic rings. The number of hydrogen-bond acceptors (Lipinski definition) is 3. The molecule has 1 aliphatic heterocycles. The second-order valence-corrected chi connectivity index (χ2v) is 3.19. The lowest BCUT2D eigenvalue weighted by molar-refractivity contribution is -0.171. The first-order valence-electron chi connectivity index (χ1n) is 2.93. The number of ketones is 1. The van der Waals surface area contributed by atoms with Crippen molar-refractivity contribution in [2.24, 2.45) is 0 Å². The van der Waals surface area contributed by atoms with Crippen LogP contribution >= 0.6 is 11.8 Å². The normalized spacial score (nSPS) is 23.9. The maximum atomic E-state index is 11.7. The van der Waals surface area contributed by atoms with Gasteiger partial charge in [0.25, 0.3) is 5.78 Å². The summed E-state index contributed by atoms with van der Waals surface area (Å²) in [5, 5.41) is 0.519. The van der Waals surface area contributed by atoms with Crippen LogP contribution in [0.5, 0.6) is 0 Å². The SMILES string of the molecule is O=C1NCSC1C(=O)C(F)(F)F. The highest BCUT2D eigenvalue weighted by atomic mass is 32.2. The third-order valence-electron chi connectivity index (χ3n) is 1.25. The Hall–Kier alpha value is -0.720. The minimum Gasteiger partial charge on any atom is -0.346 e. The van der Waals surface area contributed by atoms with E-state index in [1.807, 2.05) is 0 Å². The summed E-state index contributed by atoms with van der Waals surface area (Å²) in [5.74, 6) is -2.78. The molecule has 1 rings (SSSR count). The van der Waals surface area contributed by atoms with Crippen LogP contribution in [0.2, 0.25) is 0 Å². The van der Waals surface area contributed by atoms with E-state index < -0.39 is 23.1 Å². The Morgan fingerprint density at radius 2 is 2.17 bits per heavy atom. The molecule has 0 saturated carbocycles. The van der Waals surface area contributed by atoms with Gasteiger partial charge in [0.15, 0.2) is 5.25 Å². The summed E-state index contributed by atoms with van der Waals surface area (Å²) < 4.78 is 35.2. The van der Waals surface area contributed by atoms with Crippen molar-refractivity contribution in [2.45, 2.75) is 11.4 Å². The Labute approximate surface area is 69.7 Å². The summed E-state index contributed by atoms with van der Waals surface area (Å²) in [5.41, 5.74) is 0. The number of halogens is 3. The number of carbonyl (C=O) groups excluding carboxylic acids is 2. The molecule has 1 fully saturated rings. The predicted molar refractivity (Wildman–Crippen MR) is 35.5 cm³/mol. The van der Waals surface area contributed by atoms with Gasteiger partial charge in [-0.25, -0.2) is 0 Å². The van der Waals surface area contributed by atoms with E-state index in [1.54, 1.807) is 0 Å². The first-order valence-corrected chi connectivity index (χ1v) is 3.98. The van der Waals surface area contributed by atoms with Crippen molar-refractivity contribution in [3.63, 3.8) is 0 Å². The molecule has 1 amide bonds. The van der Waals surface area contributed by atoms with Gasteiger partial charge in [0.2, 0.25) is 5.91 Å². The molecule has 68 valence electrons. The molecular weight excluding hydrogens is 195 g/mol. The maximum absolute atomic E-state index is 11.7. The molecule has 1 heterocycles. The number of thioether (sulfide) groups is 1. The molecule has 1 unspecified atom stereocenters. The van der Waals surface area contributed by atoms with Crippen LogP contribution < -0.4 is 5.32 Å². The second-order valence-electron chi connectivity index (χ2n) is 2.09. The molecule has 7 heteroatoms. The van der Waals surface area contributed by atoms with Gasteiger partial charge in [-0.1, -0.05) is 0 Å². The molecule has 0 radical (unpaired) electrons. The van der Waals surface area contributed by atoms with E-state index in [0.29, 0.717) is 11.8 Å². The molecule has 1 aliphatic rings. The summed E-state index contributed by atoms with van der Waals surface area (Å²) in [4.78, 5) is 21.1. The van der Waals surface area contributed by atoms with Gasteiger partial charge < -0.3 is 5.32 Å². The zero-order chi connectivity index (χ0) is 9.35. The van der Waals surface area contributed by atoms with E-state index >= 15 is 0 Å². The van der Waals surface area contributed by atoms with E-state index in [0.717, 1.165) is 0 Å². The fraction of sp³-hybridized carbons (Fsp3) is 0.600. The van der Waals surface area contributed by atoms with Crippen molar-refractivity contribution in [1.29, 1.82) is 0 Å². The van der Waals surface area contributed by atoms with Crippen LogP contribution in [0.4, 0.5) is 13.2 Å². The Bertz CT molecular complexity index is 227. The Morgan fingerprint density at radius 3 is 2.50 bits per heavy atom. The van der Waals surface area contributed by atoms with Crippen LogP contribution in [0.25, 0.3) is 0 Å². The average molecular weight is 199 g/mol. The topological polar surface area (TPSA) is 46.2 Å². The van der Waals surface area contributed by atoms with Crippen molar-refractivity contribution in [1.82, 2.24) is 5.32 Å². The summed E-state index contributed by atoms with van der Waals surface area (Å²) >= 11 is 0.655. The Kier molecular flexibility index (Phi) is 2.31. The van der Waals surface area contributed by atoms with Crippen LogP contribution in [-0.4, -0.2) is 29.0 Å². The summed E-state index contributed by atoms with van der Waals surface area (Å²) in [6.07, 6.45) is -4.92. The number of hydrogen-bond donors (Lipinski definition) is 1. The number of rotatable bonds is 1. The van der Waals surface area contributed by atoms with Gasteiger partial charge in [0.05, 0.1) is 5.88 Å². The lowest BCUT2D eigenvalue weighted by Crippen LogP contribution is -2.38. The first-order chi connectivity index (χ1) is 5.43. The van der Waals surface area contributed by atoms with Crippen LogP contribution in [0, 0.1) is 0 Å². The maximum Gasteiger partial charge on any atom is 0.451 e. The lowest BCUT2D eigenvalue weighted by atomic mass is 10.2. The minimum absolute atomic E-state index is 0.0608. The van der Waals surface area contributed by atoms with E-state index in [1.165, 1.54) is 0 Å². The van der Waals surface area contributed by atoms with Crippen molar-refractivity contribution < 1.29 is 22.8 Å². The quantitative estimate of drug-likeness (QED) is 0.618. The Morgan fingerprint density at radius 1 is 1.58 bits per heavy atom. The number of nitrogens with one attached hydrogen (secondary N) is 1. The molecule has 12 heavy (non-hydrogen) atoms. The zero-order valence-corrected chi connectivity index (χ0v) is 6.46. The highest BCUT2D eigenvalue weighted by Gasteiger charge is 2.48. The van der Waals surface area contributed by atoms with Gasteiger partial charge in [-0.2, -0.15) is 13.2 Å². The summed E-state index contributed by atoms with van der Waals surface area (Å²) in [6, 6.07) is 0. The van der Waals surface area contributed by atoms with Gasteiger partial charge in [-0.15, -0.1) is 11.8 Å².